The summed E-state index contributed by atoms with van der Waals surface area (Å²) in [5.74, 6) is -0.724. The number of rotatable bonds is 7. The van der Waals surface area contributed by atoms with E-state index < -0.39 is 11.4 Å². The lowest BCUT2D eigenvalue weighted by molar-refractivity contribution is -0.143. The van der Waals surface area contributed by atoms with Crippen LogP contribution < -0.4 is 5.32 Å². The van der Waals surface area contributed by atoms with Crippen molar-refractivity contribution in [3.8, 4) is 0 Å². The van der Waals surface area contributed by atoms with E-state index in [9.17, 15) is 22.8 Å². The van der Waals surface area contributed by atoms with Crippen LogP contribution in [0.25, 0.3) is 0 Å². The van der Waals surface area contributed by atoms with Crippen LogP contribution in [0, 0.1) is 0 Å². The number of esters is 1. The maximum Gasteiger partial charge on any atom is 0.446 e. The molecule has 0 aliphatic carbocycles. The maximum absolute atomic E-state index is 12.2. The number of hydrogen-bond acceptors (Lipinski definition) is 4. The molecule has 0 fully saturated rings. The first-order chi connectivity index (χ1) is 10.3. The fraction of sp³-hybridized carbons (Fsp3) is 0.429. The van der Waals surface area contributed by atoms with Crippen molar-refractivity contribution in [1.29, 1.82) is 0 Å². The van der Waals surface area contributed by atoms with Crippen molar-refractivity contribution in [1.82, 2.24) is 5.32 Å². The SMILES string of the molecule is CCOC(=O)CCCNC(=O)c1ccc(SC(F)(F)F)cc1. The second-order valence-electron chi connectivity index (χ2n) is 4.24. The second-order valence-corrected chi connectivity index (χ2v) is 5.38. The molecule has 1 N–H and O–H groups in total. The van der Waals surface area contributed by atoms with E-state index in [4.69, 9.17) is 4.74 Å². The van der Waals surface area contributed by atoms with Gasteiger partial charge in [0.1, 0.15) is 0 Å². The molecule has 22 heavy (non-hydrogen) atoms. The number of carbonyl (C=O) groups excluding carboxylic acids is 2. The summed E-state index contributed by atoms with van der Waals surface area (Å²) >= 11 is -0.233. The Morgan fingerprint density at radius 1 is 1.23 bits per heavy atom. The minimum Gasteiger partial charge on any atom is -0.466 e. The minimum atomic E-state index is -4.35. The van der Waals surface area contributed by atoms with Crippen LogP contribution in [0.1, 0.15) is 30.1 Å². The highest BCUT2D eigenvalue weighted by Gasteiger charge is 2.29. The lowest BCUT2D eigenvalue weighted by Crippen LogP contribution is -2.25. The van der Waals surface area contributed by atoms with Crippen molar-refractivity contribution in [3.63, 3.8) is 0 Å². The average molecular weight is 335 g/mol. The van der Waals surface area contributed by atoms with Crippen LogP contribution in [-0.2, 0) is 9.53 Å². The first-order valence-electron chi connectivity index (χ1n) is 6.61. The van der Waals surface area contributed by atoms with Gasteiger partial charge in [-0.2, -0.15) is 13.2 Å². The van der Waals surface area contributed by atoms with Gasteiger partial charge in [0.15, 0.2) is 0 Å². The Hall–Kier alpha value is -1.70. The van der Waals surface area contributed by atoms with E-state index in [1.165, 1.54) is 24.3 Å². The Morgan fingerprint density at radius 2 is 1.86 bits per heavy atom. The van der Waals surface area contributed by atoms with E-state index in [1.807, 2.05) is 0 Å². The Balaban J connectivity index is 2.38. The third-order valence-electron chi connectivity index (χ3n) is 2.50. The predicted octanol–water partition coefficient (Wildman–Crippen LogP) is 3.37. The van der Waals surface area contributed by atoms with Crippen LogP contribution in [0.4, 0.5) is 13.2 Å². The summed E-state index contributed by atoms with van der Waals surface area (Å²) in [7, 11) is 0. The molecule has 0 atom stereocenters. The molecular formula is C14H16F3NO3S. The van der Waals surface area contributed by atoms with Gasteiger partial charge in [0.2, 0.25) is 0 Å². The van der Waals surface area contributed by atoms with Gasteiger partial charge >= 0.3 is 11.5 Å². The number of ether oxygens (including phenoxy) is 1. The largest absolute Gasteiger partial charge is 0.466 e. The van der Waals surface area contributed by atoms with Gasteiger partial charge in [-0.1, -0.05) is 0 Å². The number of thioether (sulfide) groups is 1. The highest BCUT2D eigenvalue weighted by atomic mass is 32.2. The van der Waals surface area contributed by atoms with Gasteiger partial charge in [-0.05, 0) is 49.4 Å². The van der Waals surface area contributed by atoms with E-state index >= 15 is 0 Å². The average Bonchev–Trinajstić information content (AvgIpc) is 2.43. The molecule has 0 unspecified atom stereocenters. The monoisotopic (exact) mass is 335 g/mol. The highest BCUT2D eigenvalue weighted by molar-refractivity contribution is 8.00. The fourth-order valence-corrected chi connectivity index (χ4v) is 2.12. The quantitative estimate of drug-likeness (QED) is 0.471. The van der Waals surface area contributed by atoms with Gasteiger partial charge in [-0.3, -0.25) is 9.59 Å². The van der Waals surface area contributed by atoms with Crippen LogP contribution in [0.3, 0.4) is 0 Å². The smallest absolute Gasteiger partial charge is 0.446 e. The molecule has 1 aromatic carbocycles. The molecule has 4 nitrogen and oxygen atoms in total. The number of halogens is 3. The van der Waals surface area contributed by atoms with E-state index in [0.29, 0.717) is 13.0 Å². The Morgan fingerprint density at radius 3 is 2.41 bits per heavy atom. The molecule has 1 rings (SSSR count). The topological polar surface area (TPSA) is 55.4 Å². The van der Waals surface area contributed by atoms with Crippen LogP contribution in [0.5, 0.6) is 0 Å². The Bertz CT molecular complexity index is 503. The maximum atomic E-state index is 12.2. The zero-order chi connectivity index (χ0) is 16.6. The number of nitrogens with one attached hydrogen (secondary N) is 1. The third kappa shape index (κ3) is 7.35. The van der Waals surface area contributed by atoms with E-state index in [-0.39, 0.29) is 41.2 Å². The molecule has 8 heteroatoms. The summed E-state index contributed by atoms with van der Waals surface area (Å²) in [5, 5.41) is 2.59. The standard InChI is InChI=1S/C14H16F3NO3S/c1-2-21-12(19)4-3-9-18-13(20)10-5-7-11(8-6-10)22-14(15,16)17/h5-8H,2-4,9H2,1H3,(H,18,20). The molecule has 0 saturated carbocycles. The molecular weight excluding hydrogens is 319 g/mol. The fourth-order valence-electron chi connectivity index (χ4n) is 1.58. The van der Waals surface area contributed by atoms with Gasteiger partial charge in [-0.15, -0.1) is 0 Å². The van der Waals surface area contributed by atoms with Gasteiger partial charge in [0.25, 0.3) is 5.91 Å². The van der Waals surface area contributed by atoms with Crippen LogP contribution in [-0.4, -0.2) is 30.5 Å². The Kier molecular flexibility index (Phi) is 7.23. The molecule has 0 aliphatic rings. The van der Waals surface area contributed by atoms with Crippen molar-refractivity contribution >= 4 is 23.6 Å². The first-order valence-corrected chi connectivity index (χ1v) is 7.43. The summed E-state index contributed by atoms with van der Waals surface area (Å²) in [4.78, 5) is 22.9. The highest BCUT2D eigenvalue weighted by Crippen LogP contribution is 2.36. The van der Waals surface area contributed by atoms with Crippen LogP contribution in [0.2, 0.25) is 0 Å². The number of hydrogen-bond donors (Lipinski definition) is 1. The lowest BCUT2D eigenvalue weighted by Gasteiger charge is -2.07. The van der Waals surface area contributed by atoms with Crippen LogP contribution in [0.15, 0.2) is 29.2 Å². The van der Waals surface area contributed by atoms with Gasteiger partial charge < -0.3 is 10.1 Å². The van der Waals surface area contributed by atoms with Crippen molar-refractivity contribution in [2.24, 2.45) is 0 Å². The molecule has 0 saturated heterocycles. The normalized spacial score (nSPS) is 11.1. The summed E-state index contributed by atoms with van der Waals surface area (Å²) in [5.41, 5.74) is -4.08. The van der Waals surface area contributed by atoms with E-state index in [2.05, 4.69) is 5.32 Å². The number of carbonyl (C=O) groups is 2. The molecule has 0 radical (unpaired) electrons. The zero-order valence-electron chi connectivity index (χ0n) is 11.9. The summed E-state index contributed by atoms with van der Waals surface area (Å²) in [6.45, 7) is 2.31. The van der Waals surface area contributed by atoms with Crippen molar-refractivity contribution < 1.29 is 27.5 Å². The summed E-state index contributed by atoms with van der Waals surface area (Å²) < 4.78 is 41.3. The molecule has 0 bridgehead atoms. The van der Waals surface area contributed by atoms with Gasteiger partial charge in [-0.25, -0.2) is 0 Å². The van der Waals surface area contributed by atoms with E-state index in [0.717, 1.165) is 0 Å². The number of amides is 1. The number of alkyl halides is 3. The summed E-state index contributed by atoms with van der Waals surface area (Å²) in [6, 6.07) is 5.14. The van der Waals surface area contributed by atoms with Crippen molar-refractivity contribution in [3.05, 3.63) is 29.8 Å². The third-order valence-corrected chi connectivity index (χ3v) is 3.24. The van der Waals surface area contributed by atoms with Crippen molar-refractivity contribution in [2.45, 2.75) is 30.2 Å². The summed E-state index contributed by atoms with van der Waals surface area (Å²) in [6.07, 6.45) is 0.641. The molecule has 0 aromatic heterocycles. The number of benzene rings is 1. The predicted molar refractivity (Wildman–Crippen MR) is 76.6 cm³/mol. The molecule has 1 aromatic rings. The van der Waals surface area contributed by atoms with Gasteiger partial charge in [0.05, 0.1) is 6.61 Å². The van der Waals surface area contributed by atoms with Crippen molar-refractivity contribution in [2.75, 3.05) is 13.2 Å². The molecule has 0 spiro atoms. The Labute approximate surface area is 130 Å². The molecule has 1 amide bonds. The molecule has 0 aliphatic heterocycles. The lowest BCUT2D eigenvalue weighted by atomic mass is 10.2. The zero-order valence-corrected chi connectivity index (χ0v) is 12.7. The first kappa shape index (κ1) is 18.3. The van der Waals surface area contributed by atoms with Gasteiger partial charge in [0, 0.05) is 23.4 Å². The minimum absolute atomic E-state index is 0.0198. The van der Waals surface area contributed by atoms with E-state index in [1.54, 1.807) is 6.92 Å². The second kappa shape index (κ2) is 8.67. The molecule has 0 heterocycles. The molecule has 122 valence electrons. The van der Waals surface area contributed by atoms with Crippen LogP contribution >= 0.6 is 11.8 Å².